The van der Waals surface area contributed by atoms with Crippen molar-refractivity contribution in [2.45, 2.75) is 63.6 Å². The number of carbonyl (C=O) groups excluding carboxylic acids is 5. The van der Waals surface area contributed by atoms with Gasteiger partial charge in [-0.1, -0.05) is 18.2 Å². The summed E-state index contributed by atoms with van der Waals surface area (Å²) >= 11 is 0. The van der Waals surface area contributed by atoms with E-state index >= 15 is 0 Å². The molecule has 1 aromatic heterocycles. The number of carbonyl (C=O) groups is 5. The third-order valence-corrected chi connectivity index (χ3v) is 12.4. The highest BCUT2D eigenvalue weighted by molar-refractivity contribution is 6.23. The SMILES string of the molecule is CC(=O)N(c1ccc(N2CCN(CC3CN(c4ccc5c(c4)C(=O)N(C4CCC(=O)NC4=O)C5=O)C3)CC2)cc1)C1CCC(Nc2ncc3ccccc3n2)CC1. The zero-order chi connectivity index (χ0) is 39.2. The molecule has 14 heteroatoms. The fourth-order valence-electron chi connectivity index (χ4n) is 9.28. The van der Waals surface area contributed by atoms with Gasteiger partial charge in [-0.2, -0.15) is 0 Å². The quantitative estimate of drug-likeness (QED) is 0.237. The Morgan fingerprint density at radius 2 is 1.54 bits per heavy atom. The van der Waals surface area contributed by atoms with Crippen molar-refractivity contribution < 1.29 is 24.0 Å². The van der Waals surface area contributed by atoms with Crippen LogP contribution in [0.2, 0.25) is 0 Å². The normalized spacial score (nSPS) is 23.0. The summed E-state index contributed by atoms with van der Waals surface area (Å²) in [4.78, 5) is 82.7. The van der Waals surface area contributed by atoms with Gasteiger partial charge in [0.25, 0.3) is 11.8 Å². The Balaban J connectivity index is 0.734. The van der Waals surface area contributed by atoms with Gasteiger partial charge in [0.2, 0.25) is 23.7 Å². The molecule has 1 unspecified atom stereocenters. The van der Waals surface area contributed by atoms with E-state index in [1.807, 2.05) is 41.4 Å². The molecule has 57 heavy (non-hydrogen) atoms. The number of rotatable bonds is 9. The molecule has 1 aliphatic carbocycles. The number of nitrogens with one attached hydrogen (secondary N) is 2. The third-order valence-electron chi connectivity index (χ3n) is 12.4. The standard InChI is InChI=1S/C43H47N9O5/c1-27(53)51(32-8-6-30(7-9-32)45-43-44-23-29-4-2-3-5-37(29)46-43)33-12-10-31(11-13-33)49-20-18-48(19-21-49)24-28-25-50(26-28)34-14-15-35-36(22-34)42(57)52(41(35)56)38-16-17-39(54)47-40(38)55/h2-5,10-15,22-23,28,30,32,38H,6-9,16-21,24-26H2,1H3,(H,44,45,46)(H,47,54,55). The number of hydrogen-bond acceptors (Lipinski definition) is 11. The van der Waals surface area contributed by atoms with E-state index in [0.717, 1.165) is 98.7 Å². The van der Waals surface area contributed by atoms with Crippen LogP contribution in [0.25, 0.3) is 10.9 Å². The average Bonchev–Trinajstić information content (AvgIpc) is 3.45. The Bertz CT molecular complexity index is 2230. The molecule has 4 fully saturated rings. The second kappa shape index (κ2) is 15.2. The second-order valence-electron chi connectivity index (χ2n) is 16.0. The lowest BCUT2D eigenvalue weighted by atomic mass is 9.89. The maximum atomic E-state index is 13.3. The lowest BCUT2D eigenvalue weighted by Crippen LogP contribution is -2.55. The van der Waals surface area contributed by atoms with Crippen molar-refractivity contribution in [3.63, 3.8) is 0 Å². The molecule has 9 rings (SSSR count). The number of piperazine rings is 1. The zero-order valence-electron chi connectivity index (χ0n) is 32.1. The molecule has 5 amide bonds. The first-order valence-electron chi connectivity index (χ1n) is 20.1. The number of anilines is 4. The number of nitrogens with zero attached hydrogens (tertiary/aromatic N) is 7. The van der Waals surface area contributed by atoms with E-state index in [9.17, 15) is 24.0 Å². The van der Waals surface area contributed by atoms with Gasteiger partial charge in [0, 0.05) is 106 Å². The number of fused-ring (bicyclic) bond motifs is 2. The van der Waals surface area contributed by atoms with Crippen LogP contribution in [0.5, 0.6) is 0 Å². The number of imide groups is 2. The van der Waals surface area contributed by atoms with Crippen LogP contribution in [-0.4, -0.2) is 113 Å². The van der Waals surface area contributed by atoms with Crippen LogP contribution in [-0.2, 0) is 14.4 Å². The summed E-state index contributed by atoms with van der Waals surface area (Å²) in [5.74, 6) is -0.737. The molecule has 3 aromatic carbocycles. The van der Waals surface area contributed by atoms with Crippen LogP contribution < -0.4 is 25.3 Å². The van der Waals surface area contributed by atoms with Crippen molar-refractivity contribution in [2.75, 3.05) is 65.8 Å². The van der Waals surface area contributed by atoms with Gasteiger partial charge in [0.05, 0.1) is 16.6 Å². The molecule has 0 spiro atoms. The van der Waals surface area contributed by atoms with Crippen molar-refractivity contribution in [3.05, 3.63) is 84.1 Å². The minimum Gasteiger partial charge on any atom is -0.371 e. The molecule has 5 heterocycles. The Hall–Kier alpha value is -5.89. The monoisotopic (exact) mass is 769 g/mol. The summed E-state index contributed by atoms with van der Waals surface area (Å²) in [6.07, 6.45) is 5.80. The van der Waals surface area contributed by atoms with Crippen molar-refractivity contribution in [1.29, 1.82) is 0 Å². The van der Waals surface area contributed by atoms with E-state index in [4.69, 9.17) is 0 Å². The van der Waals surface area contributed by atoms with Crippen molar-refractivity contribution in [1.82, 2.24) is 25.1 Å². The van der Waals surface area contributed by atoms with E-state index in [0.29, 0.717) is 23.0 Å². The second-order valence-corrected chi connectivity index (χ2v) is 16.0. The van der Waals surface area contributed by atoms with Crippen LogP contribution in [0.15, 0.2) is 72.9 Å². The van der Waals surface area contributed by atoms with Gasteiger partial charge in [-0.05, 0) is 80.6 Å². The molecule has 14 nitrogen and oxygen atoms in total. The van der Waals surface area contributed by atoms with E-state index in [1.54, 1.807) is 19.1 Å². The van der Waals surface area contributed by atoms with Gasteiger partial charge in [-0.25, -0.2) is 9.97 Å². The molecule has 1 saturated carbocycles. The lowest BCUT2D eigenvalue weighted by Gasteiger charge is -2.45. The summed E-state index contributed by atoms with van der Waals surface area (Å²) < 4.78 is 0. The van der Waals surface area contributed by atoms with E-state index < -0.39 is 23.8 Å². The van der Waals surface area contributed by atoms with E-state index in [-0.39, 0.29) is 36.7 Å². The molecular formula is C43H47N9O5. The van der Waals surface area contributed by atoms with Gasteiger partial charge >= 0.3 is 0 Å². The number of para-hydroxylation sites is 1. The first-order valence-corrected chi connectivity index (χ1v) is 20.1. The highest BCUT2D eigenvalue weighted by Gasteiger charge is 2.45. The molecule has 2 N–H and O–H groups in total. The van der Waals surface area contributed by atoms with E-state index in [1.165, 1.54) is 5.69 Å². The van der Waals surface area contributed by atoms with E-state index in [2.05, 4.69) is 59.6 Å². The fraction of sp³-hybridized carbons (Fsp3) is 0.419. The molecule has 4 aliphatic heterocycles. The first-order chi connectivity index (χ1) is 27.7. The number of benzene rings is 3. The maximum Gasteiger partial charge on any atom is 0.262 e. The fourth-order valence-corrected chi connectivity index (χ4v) is 9.28. The van der Waals surface area contributed by atoms with Crippen LogP contribution in [0, 0.1) is 5.92 Å². The number of hydrogen-bond donors (Lipinski definition) is 2. The van der Waals surface area contributed by atoms with Crippen LogP contribution >= 0.6 is 0 Å². The smallest absolute Gasteiger partial charge is 0.262 e. The molecule has 1 atom stereocenters. The van der Waals surface area contributed by atoms with Gasteiger partial charge in [0.1, 0.15) is 6.04 Å². The minimum atomic E-state index is -0.966. The zero-order valence-corrected chi connectivity index (χ0v) is 32.1. The summed E-state index contributed by atoms with van der Waals surface area (Å²) in [6, 6.07) is 21.2. The number of aromatic nitrogens is 2. The maximum absolute atomic E-state index is 13.3. The molecular weight excluding hydrogens is 723 g/mol. The molecule has 0 radical (unpaired) electrons. The highest BCUT2D eigenvalue weighted by atomic mass is 16.2. The topological polar surface area (TPSA) is 151 Å². The van der Waals surface area contributed by atoms with Gasteiger partial charge in [-0.3, -0.25) is 39.1 Å². The summed E-state index contributed by atoms with van der Waals surface area (Å²) in [5, 5.41) is 6.79. The Morgan fingerprint density at radius 1 is 0.825 bits per heavy atom. The molecule has 294 valence electrons. The highest BCUT2D eigenvalue weighted by Crippen LogP contribution is 2.34. The summed E-state index contributed by atoms with van der Waals surface area (Å²) in [7, 11) is 0. The van der Waals surface area contributed by atoms with Crippen molar-refractivity contribution in [2.24, 2.45) is 5.92 Å². The predicted molar refractivity (Wildman–Crippen MR) is 216 cm³/mol. The van der Waals surface area contributed by atoms with Crippen molar-refractivity contribution in [3.8, 4) is 0 Å². The van der Waals surface area contributed by atoms with Crippen LogP contribution in [0.3, 0.4) is 0 Å². The molecule has 4 aromatic rings. The molecule has 5 aliphatic rings. The molecule has 3 saturated heterocycles. The predicted octanol–water partition coefficient (Wildman–Crippen LogP) is 4.07. The minimum absolute atomic E-state index is 0.0661. The Kier molecular flexibility index (Phi) is 9.81. The number of amides is 5. The average molecular weight is 770 g/mol. The lowest BCUT2D eigenvalue weighted by molar-refractivity contribution is -0.136. The number of piperidine rings is 1. The van der Waals surface area contributed by atoms with Crippen LogP contribution in [0.4, 0.5) is 23.0 Å². The Labute approximate surface area is 331 Å². The summed E-state index contributed by atoms with van der Waals surface area (Å²) in [5.41, 5.74) is 4.55. The van der Waals surface area contributed by atoms with Gasteiger partial charge < -0.3 is 20.0 Å². The third kappa shape index (κ3) is 7.29. The first kappa shape index (κ1) is 36.7. The van der Waals surface area contributed by atoms with Gasteiger partial charge in [0.15, 0.2) is 0 Å². The largest absolute Gasteiger partial charge is 0.371 e. The van der Waals surface area contributed by atoms with Gasteiger partial charge in [-0.15, -0.1) is 0 Å². The summed E-state index contributed by atoms with van der Waals surface area (Å²) in [6.45, 7) is 8.16. The Morgan fingerprint density at radius 3 is 2.28 bits per heavy atom. The van der Waals surface area contributed by atoms with Crippen LogP contribution in [0.1, 0.15) is 66.2 Å². The van der Waals surface area contributed by atoms with Crippen molar-refractivity contribution >= 4 is 63.4 Å². The molecule has 0 bridgehead atoms.